The van der Waals surface area contributed by atoms with E-state index in [4.69, 9.17) is 4.74 Å². The minimum Gasteiger partial charge on any atom is -0.444 e. The van der Waals surface area contributed by atoms with Crippen molar-refractivity contribution in [2.75, 3.05) is 18.4 Å². The lowest BCUT2D eigenvalue weighted by Crippen LogP contribution is -2.37. The van der Waals surface area contributed by atoms with Crippen molar-refractivity contribution < 1.29 is 14.3 Å². The molecule has 6 nitrogen and oxygen atoms in total. The molecule has 0 unspecified atom stereocenters. The molecule has 3 N–H and O–H groups in total. The first-order valence-electron chi connectivity index (χ1n) is 7.98. The maximum absolute atomic E-state index is 11.9. The highest BCUT2D eigenvalue weighted by Gasteiger charge is 2.17. The molecule has 1 aromatic rings. The number of unbranched alkanes of at least 4 members (excludes halogenated alkanes) is 1. The molecular weight excluding hydrogens is 346 g/mol. The van der Waals surface area contributed by atoms with Gasteiger partial charge in [0.15, 0.2) is 0 Å². The van der Waals surface area contributed by atoms with Gasteiger partial charge < -0.3 is 15.4 Å². The van der Waals surface area contributed by atoms with Gasteiger partial charge in [-0.15, -0.1) is 11.3 Å². The van der Waals surface area contributed by atoms with Crippen LogP contribution in [-0.4, -0.2) is 30.7 Å². The van der Waals surface area contributed by atoms with Crippen LogP contribution in [0.2, 0.25) is 0 Å². The molecule has 0 aliphatic carbocycles. The Balaban J connectivity index is 2.41. The number of aryl methyl sites for hydroxylation is 1. The van der Waals surface area contributed by atoms with Crippen molar-refractivity contribution in [1.82, 2.24) is 10.0 Å². The lowest BCUT2D eigenvalue weighted by molar-refractivity contribution is -0.115. The first-order chi connectivity index (χ1) is 11.2. The third-order valence-corrected chi connectivity index (χ3v) is 4.78. The summed E-state index contributed by atoms with van der Waals surface area (Å²) in [6.07, 6.45) is 1.69. The summed E-state index contributed by atoms with van der Waals surface area (Å²) in [5, 5.41) is 5.26. The molecule has 0 fully saturated rings. The maximum Gasteiger partial charge on any atom is 0.408 e. The summed E-state index contributed by atoms with van der Waals surface area (Å²) in [4.78, 5) is 24.5. The summed E-state index contributed by atoms with van der Waals surface area (Å²) in [6.45, 7) is 10.3. The van der Waals surface area contributed by atoms with Crippen LogP contribution in [0.15, 0.2) is 10.3 Å². The molecule has 0 saturated heterocycles. The van der Waals surface area contributed by atoms with Gasteiger partial charge in [0.05, 0.1) is 9.90 Å². The van der Waals surface area contributed by atoms with Crippen LogP contribution in [0.1, 0.15) is 45.4 Å². The molecule has 0 saturated carbocycles. The van der Waals surface area contributed by atoms with E-state index < -0.39 is 11.7 Å². The van der Waals surface area contributed by atoms with Crippen LogP contribution >= 0.6 is 23.3 Å². The van der Waals surface area contributed by atoms with Crippen molar-refractivity contribution >= 4 is 41.0 Å². The Bertz CT molecular complexity index is 553. The second kappa shape index (κ2) is 9.90. The van der Waals surface area contributed by atoms with Gasteiger partial charge in [-0.3, -0.25) is 9.52 Å². The first kappa shape index (κ1) is 20.8. The van der Waals surface area contributed by atoms with E-state index >= 15 is 0 Å². The van der Waals surface area contributed by atoms with E-state index in [2.05, 4.69) is 22.3 Å². The number of hydrogen-bond acceptors (Lipinski definition) is 6. The van der Waals surface area contributed by atoms with E-state index in [-0.39, 0.29) is 12.5 Å². The van der Waals surface area contributed by atoms with Gasteiger partial charge in [-0.25, -0.2) is 4.79 Å². The Morgan fingerprint density at radius 2 is 2.04 bits per heavy atom. The van der Waals surface area contributed by atoms with Gasteiger partial charge >= 0.3 is 6.09 Å². The number of thiophene rings is 1. The van der Waals surface area contributed by atoms with Crippen LogP contribution in [0.3, 0.4) is 0 Å². The normalized spacial score (nSPS) is 11.2. The van der Waals surface area contributed by atoms with Gasteiger partial charge in [-0.05, 0) is 52.1 Å². The topological polar surface area (TPSA) is 79.5 Å². The zero-order chi connectivity index (χ0) is 18.2. The van der Waals surface area contributed by atoms with Crippen molar-refractivity contribution in [3.63, 3.8) is 0 Å². The Morgan fingerprint density at radius 1 is 1.33 bits per heavy atom. The molecule has 0 radical (unpaired) electrons. The summed E-state index contributed by atoms with van der Waals surface area (Å²) in [6, 6.07) is 1.94. The SMILES string of the molecule is CCCCNSc1cc(NC(=O)CNC(=O)OC(C)(C)C)c(C)s1. The molecule has 1 aromatic heterocycles. The number of nitrogens with one attached hydrogen (secondary N) is 3. The Labute approximate surface area is 152 Å². The number of rotatable bonds is 8. The summed E-state index contributed by atoms with van der Waals surface area (Å²) in [5.74, 6) is -0.280. The highest BCUT2D eigenvalue weighted by molar-refractivity contribution is 7.99. The van der Waals surface area contributed by atoms with Crippen LogP contribution in [0.5, 0.6) is 0 Å². The molecule has 2 amide bonds. The third kappa shape index (κ3) is 8.56. The van der Waals surface area contributed by atoms with Crippen LogP contribution in [-0.2, 0) is 9.53 Å². The summed E-state index contributed by atoms with van der Waals surface area (Å²) >= 11 is 3.19. The number of carbonyl (C=O) groups excluding carboxylic acids is 2. The fourth-order valence-corrected chi connectivity index (χ4v) is 3.64. The van der Waals surface area contributed by atoms with Gasteiger partial charge in [-0.1, -0.05) is 13.3 Å². The van der Waals surface area contributed by atoms with Crippen molar-refractivity contribution in [2.24, 2.45) is 0 Å². The number of ether oxygens (including phenoxy) is 1. The van der Waals surface area contributed by atoms with E-state index in [9.17, 15) is 9.59 Å². The van der Waals surface area contributed by atoms with Gasteiger partial charge in [0.25, 0.3) is 0 Å². The zero-order valence-corrected chi connectivity index (χ0v) is 16.6. The molecule has 136 valence electrons. The van der Waals surface area contributed by atoms with Crippen LogP contribution in [0, 0.1) is 6.92 Å². The maximum atomic E-state index is 11.9. The van der Waals surface area contributed by atoms with Crippen LogP contribution in [0.25, 0.3) is 0 Å². The van der Waals surface area contributed by atoms with Crippen LogP contribution < -0.4 is 15.4 Å². The first-order valence-corrected chi connectivity index (χ1v) is 9.61. The van der Waals surface area contributed by atoms with Gasteiger partial charge in [0.1, 0.15) is 12.1 Å². The van der Waals surface area contributed by atoms with Crippen molar-refractivity contribution in [2.45, 2.75) is 57.3 Å². The number of anilines is 1. The fraction of sp³-hybridized carbons (Fsp3) is 0.625. The second-order valence-electron chi connectivity index (χ2n) is 6.29. The molecule has 0 aromatic carbocycles. The lowest BCUT2D eigenvalue weighted by Gasteiger charge is -2.19. The van der Waals surface area contributed by atoms with E-state index in [1.807, 2.05) is 13.0 Å². The van der Waals surface area contributed by atoms with E-state index in [0.717, 1.165) is 34.2 Å². The largest absolute Gasteiger partial charge is 0.444 e. The summed E-state index contributed by atoms with van der Waals surface area (Å²) < 4.78 is 9.49. The number of alkyl carbamates (subject to hydrolysis) is 1. The summed E-state index contributed by atoms with van der Waals surface area (Å²) in [7, 11) is 0. The van der Waals surface area contributed by atoms with Gasteiger partial charge in [0.2, 0.25) is 5.91 Å². The molecule has 1 rings (SSSR count). The van der Waals surface area contributed by atoms with Crippen molar-refractivity contribution in [3.8, 4) is 0 Å². The molecule has 24 heavy (non-hydrogen) atoms. The monoisotopic (exact) mass is 373 g/mol. The predicted octanol–water partition coefficient (Wildman–Crippen LogP) is 3.92. The fourth-order valence-electron chi connectivity index (χ4n) is 1.66. The van der Waals surface area contributed by atoms with Gasteiger partial charge in [-0.2, -0.15) is 0 Å². The highest BCUT2D eigenvalue weighted by Crippen LogP contribution is 2.32. The number of carbonyl (C=O) groups is 2. The zero-order valence-electron chi connectivity index (χ0n) is 14.9. The summed E-state index contributed by atoms with van der Waals surface area (Å²) in [5.41, 5.74) is 0.192. The van der Waals surface area contributed by atoms with Gasteiger partial charge in [0, 0.05) is 11.4 Å². The smallest absolute Gasteiger partial charge is 0.408 e. The average molecular weight is 374 g/mol. The molecule has 0 spiro atoms. The quantitative estimate of drug-likeness (QED) is 0.475. The molecule has 0 aliphatic heterocycles. The standard InChI is InChI=1S/C16H27N3O3S2/c1-6-7-8-18-24-14-9-12(11(2)23-14)19-13(20)10-17-15(21)22-16(3,4)5/h9,18H,6-8,10H2,1-5H3,(H,17,21)(H,19,20). The second-order valence-corrected chi connectivity index (χ2v) is 8.74. The Kier molecular flexibility index (Phi) is 8.58. The molecule has 8 heteroatoms. The van der Waals surface area contributed by atoms with E-state index in [0.29, 0.717) is 0 Å². The van der Waals surface area contributed by atoms with Crippen molar-refractivity contribution in [1.29, 1.82) is 0 Å². The predicted molar refractivity (Wildman–Crippen MR) is 101 cm³/mol. The van der Waals surface area contributed by atoms with Crippen LogP contribution in [0.4, 0.5) is 10.5 Å². The molecule has 0 bridgehead atoms. The average Bonchev–Trinajstić information content (AvgIpc) is 2.80. The molecule has 0 aliphatic rings. The molecule has 0 atom stereocenters. The lowest BCUT2D eigenvalue weighted by atomic mass is 10.2. The number of hydrogen-bond donors (Lipinski definition) is 3. The molecule has 1 heterocycles. The third-order valence-electron chi connectivity index (χ3n) is 2.77. The highest BCUT2D eigenvalue weighted by atomic mass is 32.2. The number of amides is 2. The Hall–Kier alpha value is -1.25. The minimum atomic E-state index is -0.601. The van der Waals surface area contributed by atoms with E-state index in [1.165, 1.54) is 0 Å². The minimum absolute atomic E-state index is 0.124. The van der Waals surface area contributed by atoms with E-state index in [1.54, 1.807) is 44.1 Å². The molecular formula is C16H27N3O3S2. The van der Waals surface area contributed by atoms with Crippen molar-refractivity contribution in [3.05, 3.63) is 10.9 Å². The Morgan fingerprint density at radius 3 is 2.67 bits per heavy atom.